The molecule has 2 aliphatic rings. The predicted molar refractivity (Wildman–Crippen MR) is 244 cm³/mol. The molecule has 274 valence electrons. The van der Waals surface area contributed by atoms with E-state index in [0.29, 0.717) is 44.9 Å². The number of fused-ring (bicyclic) bond motifs is 10. The third-order valence-electron chi connectivity index (χ3n) is 11.4. The molecule has 2 aromatic heterocycles. The van der Waals surface area contributed by atoms with Crippen LogP contribution in [0, 0.1) is 0 Å². The zero-order chi connectivity index (χ0) is 52.5. The minimum atomic E-state index is -0.630. The van der Waals surface area contributed by atoms with Gasteiger partial charge in [0.25, 0.3) is 6.71 Å². The van der Waals surface area contributed by atoms with Gasteiger partial charge in [-0.1, -0.05) is 139 Å². The average Bonchev–Trinajstić information content (AvgIpc) is 4.00. The van der Waals surface area contributed by atoms with Crippen LogP contribution >= 0.6 is 0 Å². The quantitative estimate of drug-likeness (QED) is 0.167. The Hall–Kier alpha value is -7.76. The summed E-state index contributed by atoms with van der Waals surface area (Å²) in [6.07, 6.45) is 0. The number of hydrogen-bond acceptors (Lipinski definition) is 2. The van der Waals surface area contributed by atoms with Crippen LogP contribution in [-0.4, -0.2) is 15.8 Å². The van der Waals surface area contributed by atoms with Crippen molar-refractivity contribution in [2.45, 2.75) is 0 Å². The van der Waals surface area contributed by atoms with E-state index in [1.807, 2.05) is 66.7 Å². The first-order chi connectivity index (χ1) is 35.9. The highest BCUT2D eigenvalue weighted by molar-refractivity contribution is 6.98. The molecular weight excluding hydrogens is 719 g/mol. The van der Waals surface area contributed by atoms with Gasteiger partial charge < -0.3 is 18.6 Å². The summed E-state index contributed by atoms with van der Waals surface area (Å²) in [5, 5.41) is -0.267. The predicted octanol–water partition coefficient (Wildman–Crippen LogP) is 11.9. The van der Waals surface area contributed by atoms with Gasteiger partial charge in [0.1, 0.15) is 23.0 Å². The summed E-state index contributed by atoms with van der Waals surface area (Å²) in [5.74, 6) is 1.48. The SMILES string of the molecule is [2H]c1c([2H])c([2H])c2c(c1[2H])c1c([2H])c([2H])c([2H])c([2H])c1n2-c1ccc2c(c1)Oc1ccc(-c3ccc(-c4ccccc4)cc3)c3c1B2c1ccc(-n2c4c([2H])c([2H])c([2H])c([2H])c4c4c([2H])c([2H])c([2H])c([2H])c42)cc1O3. The van der Waals surface area contributed by atoms with Crippen LogP contribution in [0.1, 0.15) is 21.9 Å². The summed E-state index contributed by atoms with van der Waals surface area (Å²) < 4.78 is 158. The second-order valence-electron chi connectivity index (χ2n) is 14.4. The minimum Gasteiger partial charge on any atom is -0.458 e. The first-order valence-electron chi connectivity index (χ1n) is 26.9. The third-order valence-corrected chi connectivity index (χ3v) is 11.4. The molecule has 13 rings (SSSR count). The van der Waals surface area contributed by atoms with Crippen molar-refractivity contribution in [1.29, 1.82) is 0 Å². The molecule has 0 radical (unpaired) electrons. The molecule has 59 heavy (non-hydrogen) atoms. The van der Waals surface area contributed by atoms with Crippen LogP contribution in [0.2, 0.25) is 0 Å². The van der Waals surface area contributed by atoms with Crippen molar-refractivity contribution in [1.82, 2.24) is 9.13 Å². The molecule has 0 saturated carbocycles. The standard InChI is InChI=1S/C54H33BN2O2/c1-2-12-34(13-3-1)35-22-24-36(25-23-35)39-28-31-50-53-54(39)59-52-33-38(57-48-20-10-6-16-42(48)43-17-7-11-21-49(43)57)27-30-45(52)55(53)44-29-26-37(32-51(44)58-50)56-46-18-8-4-14-40(46)41-15-5-9-19-47(41)56/h1-33H/i4D,5D,6D,7D,8D,9D,10D,11D,14D,15D,16D,17D,18D,19D,20D,21D. The van der Waals surface area contributed by atoms with Crippen molar-refractivity contribution in [2.24, 2.45) is 0 Å². The molecule has 9 aromatic carbocycles. The Morgan fingerprint density at radius 2 is 0.864 bits per heavy atom. The fourth-order valence-electron chi connectivity index (χ4n) is 8.80. The highest BCUT2D eigenvalue weighted by atomic mass is 16.5. The van der Waals surface area contributed by atoms with Crippen LogP contribution in [0.25, 0.3) is 77.2 Å². The Balaban J connectivity index is 1.07. The van der Waals surface area contributed by atoms with E-state index < -0.39 is 103 Å². The molecule has 0 spiro atoms. The summed E-state index contributed by atoms with van der Waals surface area (Å²) in [4.78, 5) is 0. The molecule has 0 amide bonds. The topological polar surface area (TPSA) is 28.3 Å². The largest absolute Gasteiger partial charge is 0.458 e. The monoisotopic (exact) mass is 768 g/mol. The summed E-state index contributed by atoms with van der Waals surface area (Å²) in [5.41, 5.74) is 5.82. The fraction of sp³-hybridized carbons (Fsp3) is 0. The second-order valence-corrected chi connectivity index (χ2v) is 14.4. The van der Waals surface area contributed by atoms with Crippen LogP contribution in [0.5, 0.6) is 23.0 Å². The lowest BCUT2D eigenvalue weighted by Gasteiger charge is -2.34. The molecular formula is C54H33BN2O2. The van der Waals surface area contributed by atoms with Gasteiger partial charge in [0.05, 0.1) is 44.0 Å². The first-order valence-corrected chi connectivity index (χ1v) is 18.9. The number of benzene rings is 9. The second kappa shape index (κ2) is 12.4. The van der Waals surface area contributed by atoms with Crippen molar-refractivity contribution in [2.75, 3.05) is 0 Å². The van der Waals surface area contributed by atoms with Gasteiger partial charge in [-0.15, -0.1) is 0 Å². The maximum atomic E-state index is 9.14. The zero-order valence-corrected chi connectivity index (χ0v) is 30.6. The zero-order valence-electron chi connectivity index (χ0n) is 46.6. The Morgan fingerprint density at radius 3 is 1.39 bits per heavy atom. The molecule has 11 aromatic rings. The number of ether oxygens (including phenoxy) is 2. The summed E-state index contributed by atoms with van der Waals surface area (Å²) in [7, 11) is 0. The lowest BCUT2D eigenvalue weighted by Crippen LogP contribution is -2.57. The number of para-hydroxylation sites is 4. The van der Waals surface area contributed by atoms with Gasteiger partial charge in [-0.25, -0.2) is 0 Å². The van der Waals surface area contributed by atoms with Crippen LogP contribution in [-0.2, 0) is 0 Å². The number of hydrogen-bond donors (Lipinski definition) is 0. The van der Waals surface area contributed by atoms with E-state index in [1.165, 1.54) is 9.13 Å². The molecule has 0 unspecified atom stereocenters. The summed E-state index contributed by atoms with van der Waals surface area (Å²) >= 11 is 0. The Bertz CT molecular complexity index is 4280. The van der Waals surface area contributed by atoms with Crippen LogP contribution in [0.4, 0.5) is 0 Å². The van der Waals surface area contributed by atoms with E-state index in [-0.39, 0.29) is 55.0 Å². The maximum absolute atomic E-state index is 9.14. The van der Waals surface area contributed by atoms with Crippen LogP contribution in [0.3, 0.4) is 0 Å². The van der Waals surface area contributed by atoms with Crippen molar-refractivity contribution in [3.05, 3.63) is 200 Å². The lowest BCUT2D eigenvalue weighted by molar-refractivity contribution is 0.465. The normalized spacial score (nSPS) is 16.4. The van der Waals surface area contributed by atoms with Crippen LogP contribution < -0.4 is 25.9 Å². The molecule has 0 saturated heterocycles. The van der Waals surface area contributed by atoms with E-state index in [0.717, 1.165) is 16.7 Å². The van der Waals surface area contributed by atoms with Crippen molar-refractivity contribution < 1.29 is 31.4 Å². The van der Waals surface area contributed by atoms with Crippen LogP contribution in [0.15, 0.2) is 200 Å². The van der Waals surface area contributed by atoms with E-state index in [2.05, 4.69) is 0 Å². The molecule has 5 heteroatoms. The molecule has 2 aliphatic heterocycles. The van der Waals surface area contributed by atoms with Crippen molar-refractivity contribution in [3.8, 4) is 56.6 Å². The van der Waals surface area contributed by atoms with Gasteiger partial charge in [0, 0.05) is 56.1 Å². The van der Waals surface area contributed by atoms with E-state index >= 15 is 0 Å². The highest BCUT2D eigenvalue weighted by Crippen LogP contribution is 2.43. The van der Waals surface area contributed by atoms with E-state index in [1.54, 1.807) is 36.4 Å². The van der Waals surface area contributed by atoms with Gasteiger partial charge >= 0.3 is 0 Å². The van der Waals surface area contributed by atoms with Gasteiger partial charge in [0.2, 0.25) is 0 Å². The number of rotatable bonds is 4. The molecule has 0 aliphatic carbocycles. The highest BCUT2D eigenvalue weighted by Gasteiger charge is 2.41. The third kappa shape index (κ3) is 4.73. The molecule has 0 bridgehead atoms. The van der Waals surface area contributed by atoms with Gasteiger partial charge in [-0.2, -0.15) is 0 Å². The molecule has 0 fully saturated rings. The molecule has 0 N–H and O–H groups in total. The van der Waals surface area contributed by atoms with Crippen molar-refractivity contribution >= 4 is 66.7 Å². The van der Waals surface area contributed by atoms with Gasteiger partial charge in [-0.3, -0.25) is 0 Å². The number of aromatic nitrogens is 2. The Morgan fingerprint density at radius 1 is 0.407 bits per heavy atom. The summed E-state index contributed by atoms with van der Waals surface area (Å²) in [6.45, 7) is -0.630. The lowest BCUT2D eigenvalue weighted by atomic mass is 9.34. The smallest absolute Gasteiger partial charge is 0.260 e. The average molecular weight is 769 g/mol. The van der Waals surface area contributed by atoms with E-state index in [4.69, 9.17) is 31.4 Å². The van der Waals surface area contributed by atoms with Gasteiger partial charge in [-0.05, 0) is 76.1 Å². The minimum absolute atomic E-state index is 0.0481. The Labute approximate surface area is 363 Å². The Kier molecular flexibility index (Phi) is 4.32. The molecule has 4 heterocycles. The fourth-order valence-corrected chi connectivity index (χ4v) is 8.80. The van der Waals surface area contributed by atoms with E-state index in [9.17, 15) is 0 Å². The number of nitrogens with zero attached hydrogens (tertiary/aromatic N) is 2. The molecule has 4 nitrogen and oxygen atoms in total. The first kappa shape index (κ1) is 20.6. The van der Waals surface area contributed by atoms with Gasteiger partial charge in [0.15, 0.2) is 0 Å². The summed E-state index contributed by atoms with van der Waals surface area (Å²) in [6, 6.07) is 23.9. The molecule has 0 atom stereocenters. The van der Waals surface area contributed by atoms with Crippen molar-refractivity contribution in [3.63, 3.8) is 0 Å². The maximum Gasteiger partial charge on any atom is 0.260 e.